The summed E-state index contributed by atoms with van der Waals surface area (Å²) < 4.78 is 38.7. The van der Waals surface area contributed by atoms with Crippen LogP contribution in [0.25, 0.3) is 0 Å². The average molecular weight is 260 g/mol. The smallest absolute Gasteiger partial charge is 0.253 e. The SMILES string of the molecule is CC(N)CCN(C)C(=O)c1cc(F)c(F)c(F)c1. The zero-order valence-corrected chi connectivity index (χ0v) is 10.2. The van der Waals surface area contributed by atoms with Crippen molar-refractivity contribution in [3.63, 3.8) is 0 Å². The van der Waals surface area contributed by atoms with Crippen molar-refractivity contribution in [3.8, 4) is 0 Å². The first-order valence-electron chi connectivity index (χ1n) is 5.48. The third-order valence-electron chi connectivity index (χ3n) is 2.50. The van der Waals surface area contributed by atoms with Crippen LogP contribution in [0.1, 0.15) is 23.7 Å². The maximum Gasteiger partial charge on any atom is 0.253 e. The van der Waals surface area contributed by atoms with Crippen LogP contribution in [0, 0.1) is 17.5 Å². The first kappa shape index (κ1) is 14.5. The molecule has 1 amide bonds. The molecule has 1 unspecified atom stereocenters. The van der Waals surface area contributed by atoms with E-state index in [0.29, 0.717) is 25.1 Å². The van der Waals surface area contributed by atoms with Crippen LogP contribution in [0.4, 0.5) is 13.2 Å². The largest absolute Gasteiger partial charge is 0.342 e. The van der Waals surface area contributed by atoms with Crippen LogP contribution < -0.4 is 5.73 Å². The van der Waals surface area contributed by atoms with E-state index in [4.69, 9.17) is 5.73 Å². The summed E-state index contributed by atoms with van der Waals surface area (Å²) >= 11 is 0. The Labute approximate surface area is 103 Å². The number of benzene rings is 1. The van der Waals surface area contributed by atoms with Gasteiger partial charge in [-0.1, -0.05) is 0 Å². The highest BCUT2D eigenvalue weighted by Gasteiger charge is 2.17. The first-order chi connectivity index (χ1) is 8.32. The Morgan fingerprint density at radius 2 is 1.83 bits per heavy atom. The van der Waals surface area contributed by atoms with Gasteiger partial charge in [0.1, 0.15) is 0 Å². The Hall–Kier alpha value is -1.56. The monoisotopic (exact) mass is 260 g/mol. The van der Waals surface area contributed by atoms with E-state index in [1.54, 1.807) is 6.92 Å². The Balaban J connectivity index is 2.84. The van der Waals surface area contributed by atoms with Gasteiger partial charge in [0.25, 0.3) is 5.91 Å². The van der Waals surface area contributed by atoms with Crippen molar-refractivity contribution in [1.29, 1.82) is 0 Å². The van der Waals surface area contributed by atoms with Gasteiger partial charge in [0.2, 0.25) is 0 Å². The summed E-state index contributed by atoms with van der Waals surface area (Å²) in [4.78, 5) is 13.1. The highest BCUT2D eigenvalue weighted by atomic mass is 19.2. The van der Waals surface area contributed by atoms with Gasteiger partial charge >= 0.3 is 0 Å². The van der Waals surface area contributed by atoms with Crippen LogP contribution >= 0.6 is 0 Å². The maximum atomic E-state index is 13.0. The van der Waals surface area contributed by atoms with Gasteiger partial charge in [-0.05, 0) is 25.5 Å². The highest BCUT2D eigenvalue weighted by Crippen LogP contribution is 2.15. The van der Waals surface area contributed by atoms with Gasteiger partial charge in [-0.3, -0.25) is 4.79 Å². The number of carbonyl (C=O) groups is 1. The molecule has 0 radical (unpaired) electrons. The lowest BCUT2D eigenvalue weighted by Crippen LogP contribution is -2.31. The zero-order valence-electron chi connectivity index (χ0n) is 10.2. The topological polar surface area (TPSA) is 46.3 Å². The van der Waals surface area contributed by atoms with Crippen molar-refractivity contribution in [2.45, 2.75) is 19.4 Å². The summed E-state index contributed by atoms with van der Waals surface area (Å²) in [7, 11) is 1.49. The number of halogens is 3. The molecule has 18 heavy (non-hydrogen) atoms. The molecule has 0 aliphatic heterocycles. The molecule has 1 rings (SSSR count). The number of amides is 1. The van der Waals surface area contributed by atoms with E-state index < -0.39 is 23.4 Å². The minimum atomic E-state index is -1.58. The second kappa shape index (κ2) is 5.86. The maximum absolute atomic E-state index is 13.0. The molecule has 1 aromatic rings. The van der Waals surface area contributed by atoms with E-state index >= 15 is 0 Å². The van der Waals surface area contributed by atoms with Crippen LogP contribution in [-0.4, -0.2) is 30.4 Å². The number of hydrogen-bond acceptors (Lipinski definition) is 2. The molecule has 0 fully saturated rings. The molecule has 0 saturated carbocycles. The molecule has 0 aromatic heterocycles. The molecule has 0 saturated heterocycles. The van der Waals surface area contributed by atoms with Gasteiger partial charge in [-0.25, -0.2) is 13.2 Å². The van der Waals surface area contributed by atoms with Gasteiger partial charge in [0.05, 0.1) is 0 Å². The van der Waals surface area contributed by atoms with Gasteiger partial charge in [-0.15, -0.1) is 0 Å². The summed E-state index contributed by atoms with van der Waals surface area (Å²) in [5.74, 6) is -4.91. The standard InChI is InChI=1S/C12H15F3N2O/c1-7(16)3-4-17(2)12(18)8-5-9(13)11(15)10(14)6-8/h5-7H,3-4,16H2,1-2H3. The third-order valence-corrected chi connectivity index (χ3v) is 2.50. The van der Waals surface area contributed by atoms with Crippen LogP contribution in [0.15, 0.2) is 12.1 Å². The molecular weight excluding hydrogens is 245 g/mol. The van der Waals surface area contributed by atoms with Crippen LogP contribution in [0.3, 0.4) is 0 Å². The fraction of sp³-hybridized carbons (Fsp3) is 0.417. The van der Waals surface area contributed by atoms with Crippen molar-refractivity contribution in [3.05, 3.63) is 35.1 Å². The predicted octanol–water partition coefficient (Wildman–Crippen LogP) is 1.91. The number of nitrogens with zero attached hydrogens (tertiary/aromatic N) is 1. The van der Waals surface area contributed by atoms with Crippen molar-refractivity contribution in [2.75, 3.05) is 13.6 Å². The number of hydrogen-bond donors (Lipinski definition) is 1. The van der Waals surface area contributed by atoms with E-state index in [9.17, 15) is 18.0 Å². The van der Waals surface area contributed by atoms with E-state index in [1.807, 2.05) is 0 Å². The fourth-order valence-electron chi connectivity index (χ4n) is 1.40. The predicted molar refractivity (Wildman–Crippen MR) is 61.5 cm³/mol. The van der Waals surface area contributed by atoms with Gasteiger partial charge in [-0.2, -0.15) is 0 Å². The molecule has 0 bridgehead atoms. The molecule has 1 aromatic carbocycles. The summed E-state index contributed by atoms with van der Waals surface area (Å²) in [6, 6.07) is 1.29. The van der Waals surface area contributed by atoms with Crippen LogP contribution in [0.2, 0.25) is 0 Å². The van der Waals surface area contributed by atoms with E-state index in [2.05, 4.69) is 0 Å². The highest BCUT2D eigenvalue weighted by molar-refractivity contribution is 5.94. The van der Waals surface area contributed by atoms with Gasteiger partial charge in [0.15, 0.2) is 17.5 Å². The minimum Gasteiger partial charge on any atom is -0.342 e. The van der Waals surface area contributed by atoms with Crippen molar-refractivity contribution in [1.82, 2.24) is 4.90 Å². The molecular formula is C12H15F3N2O. The van der Waals surface area contributed by atoms with Crippen LogP contribution in [0.5, 0.6) is 0 Å². The first-order valence-corrected chi connectivity index (χ1v) is 5.48. The molecule has 0 heterocycles. The summed E-state index contributed by atoms with van der Waals surface area (Å²) in [6.45, 7) is 2.15. The second-order valence-corrected chi connectivity index (χ2v) is 4.25. The quantitative estimate of drug-likeness (QED) is 0.841. The van der Waals surface area contributed by atoms with Crippen molar-refractivity contribution in [2.24, 2.45) is 5.73 Å². The van der Waals surface area contributed by atoms with Gasteiger partial charge < -0.3 is 10.6 Å². The van der Waals surface area contributed by atoms with E-state index in [0.717, 1.165) is 0 Å². The lowest BCUT2D eigenvalue weighted by Gasteiger charge is -2.18. The molecule has 100 valence electrons. The molecule has 1 atom stereocenters. The van der Waals surface area contributed by atoms with Crippen molar-refractivity contribution >= 4 is 5.91 Å². The average Bonchev–Trinajstić information content (AvgIpc) is 2.31. The molecule has 3 nitrogen and oxygen atoms in total. The number of nitrogens with two attached hydrogens (primary N) is 1. The van der Waals surface area contributed by atoms with Crippen molar-refractivity contribution < 1.29 is 18.0 Å². The van der Waals surface area contributed by atoms with E-state index in [1.165, 1.54) is 11.9 Å². The van der Waals surface area contributed by atoms with Gasteiger partial charge in [0, 0.05) is 25.2 Å². The Morgan fingerprint density at radius 3 is 2.28 bits per heavy atom. The number of carbonyl (C=O) groups excluding carboxylic acids is 1. The lowest BCUT2D eigenvalue weighted by atomic mass is 10.1. The Morgan fingerprint density at radius 1 is 1.33 bits per heavy atom. The second-order valence-electron chi connectivity index (χ2n) is 4.25. The molecule has 0 aliphatic rings. The lowest BCUT2D eigenvalue weighted by molar-refractivity contribution is 0.0790. The fourth-order valence-corrected chi connectivity index (χ4v) is 1.40. The summed E-state index contributed by atoms with van der Waals surface area (Å²) in [5, 5.41) is 0. The summed E-state index contributed by atoms with van der Waals surface area (Å²) in [5.41, 5.74) is 5.32. The Bertz CT molecular complexity index is 426. The zero-order chi connectivity index (χ0) is 13.9. The summed E-state index contributed by atoms with van der Waals surface area (Å²) in [6.07, 6.45) is 0.564. The molecule has 2 N–H and O–H groups in total. The minimum absolute atomic E-state index is 0.0815. The normalized spacial score (nSPS) is 12.3. The van der Waals surface area contributed by atoms with E-state index in [-0.39, 0.29) is 11.6 Å². The Kier molecular flexibility index (Phi) is 4.72. The third kappa shape index (κ3) is 3.46. The number of rotatable bonds is 4. The molecule has 0 spiro atoms. The van der Waals surface area contributed by atoms with Crippen LogP contribution in [-0.2, 0) is 0 Å². The molecule has 6 heteroatoms. The molecule has 0 aliphatic carbocycles.